The van der Waals surface area contributed by atoms with Crippen LogP contribution >= 0.6 is 0 Å². The second kappa shape index (κ2) is 8.51. The Morgan fingerprint density at radius 3 is 3.00 bits per heavy atom. The van der Waals surface area contributed by atoms with Crippen LogP contribution in [0.25, 0.3) is 0 Å². The lowest BCUT2D eigenvalue weighted by atomic mass is 10.2. The maximum Gasteiger partial charge on any atom is 0.315 e. The molecule has 1 atom stereocenters. The highest BCUT2D eigenvalue weighted by Crippen LogP contribution is 2.19. The number of pyridine rings is 1. The zero-order chi connectivity index (χ0) is 18.4. The average molecular weight is 358 g/mol. The number of hydrogen-bond donors (Lipinski definition) is 2. The Labute approximate surface area is 152 Å². The van der Waals surface area contributed by atoms with Gasteiger partial charge in [-0.25, -0.2) is 14.2 Å². The van der Waals surface area contributed by atoms with Gasteiger partial charge in [-0.1, -0.05) is 12.1 Å². The van der Waals surface area contributed by atoms with E-state index in [0.29, 0.717) is 12.2 Å². The zero-order valence-electron chi connectivity index (χ0n) is 14.7. The minimum absolute atomic E-state index is 0.0640. The number of amides is 2. The van der Waals surface area contributed by atoms with E-state index in [1.165, 1.54) is 6.07 Å². The van der Waals surface area contributed by atoms with Gasteiger partial charge < -0.3 is 20.3 Å². The zero-order valence-corrected chi connectivity index (χ0v) is 14.7. The lowest BCUT2D eigenvalue weighted by Gasteiger charge is -2.18. The van der Waals surface area contributed by atoms with Crippen molar-refractivity contribution in [2.75, 3.05) is 24.6 Å². The summed E-state index contributed by atoms with van der Waals surface area (Å²) in [7, 11) is 0. The van der Waals surface area contributed by atoms with Gasteiger partial charge in [0.2, 0.25) is 0 Å². The molecule has 0 radical (unpaired) electrons. The minimum Gasteiger partial charge on any atom is -0.491 e. The molecule has 0 saturated carbocycles. The number of nitrogens with one attached hydrogen (secondary N) is 2. The van der Waals surface area contributed by atoms with Crippen LogP contribution in [0.15, 0.2) is 42.6 Å². The number of urea groups is 1. The van der Waals surface area contributed by atoms with Gasteiger partial charge >= 0.3 is 6.03 Å². The summed E-state index contributed by atoms with van der Waals surface area (Å²) in [6, 6.07) is 10.3. The Morgan fingerprint density at radius 1 is 1.38 bits per heavy atom. The summed E-state index contributed by atoms with van der Waals surface area (Å²) in [5, 5.41) is 5.72. The van der Waals surface area contributed by atoms with Crippen LogP contribution in [0, 0.1) is 5.82 Å². The smallest absolute Gasteiger partial charge is 0.315 e. The SMILES string of the molecule is CCOc1ccc(CNC(=O)NC2CCN(c3ccccn3)C2)cc1F. The van der Waals surface area contributed by atoms with E-state index in [0.717, 1.165) is 25.3 Å². The van der Waals surface area contributed by atoms with Gasteiger partial charge in [-0.05, 0) is 43.2 Å². The molecule has 6 nitrogen and oxygen atoms in total. The third kappa shape index (κ3) is 4.62. The first kappa shape index (κ1) is 18.0. The molecule has 2 heterocycles. The van der Waals surface area contributed by atoms with E-state index in [1.807, 2.05) is 18.2 Å². The van der Waals surface area contributed by atoms with Gasteiger partial charge in [-0.2, -0.15) is 0 Å². The highest BCUT2D eigenvalue weighted by Gasteiger charge is 2.24. The first-order valence-corrected chi connectivity index (χ1v) is 8.77. The number of nitrogens with zero attached hydrogens (tertiary/aromatic N) is 2. The molecule has 1 saturated heterocycles. The van der Waals surface area contributed by atoms with E-state index < -0.39 is 5.82 Å². The molecule has 2 amide bonds. The number of rotatable bonds is 6. The van der Waals surface area contributed by atoms with Crippen molar-refractivity contribution in [3.05, 3.63) is 54.0 Å². The van der Waals surface area contributed by atoms with Crippen LogP contribution in [0.3, 0.4) is 0 Å². The molecule has 0 spiro atoms. The maximum absolute atomic E-state index is 13.8. The van der Waals surface area contributed by atoms with Gasteiger partial charge in [0, 0.05) is 31.9 Å². The van der Waals surface area contributed by atoms with Crippen molar-refractivity contribution in [3.63, 3.8) is 0 Å². The van der Waals surface area contributed by atoms with Gasteiger partial charge in [-0.3, -0.25) is 0 Å². The maximum atomic E-state index is 13.8. The van der Waals surface area contributed by atoms with Crippen LogP contribution in [-0.4, -0.2) is 36.8 Å². The molecule has 3 rings (SSSR count). The molecular weight excluding hydrogens is 335 g/mol. The van der Waals surface area contributed by atoms with Crippen molar-refractivity contribution in [2.45, 2.75) is 25.9 Å². The monoisotopic (exact) mass is 358 g/mol. The van der Waals surface area contributed by atoms with Gasteiger partial charge in [0.15, 0.2) is 11.6 Å². The fourth-order valence-corrected chi connectivity index (χ4v) is 2.97. The number of carbonyl (C=O) groups excluding carboxylic acids is 1. The second-order valence-electron chi connectivity index (χ2n) is 6.14. The molecule has 1 aliphatic heterocycles. The summed E-state index contributed by atoms with van der Waals surface area (Å²) in [4.78, 5) is 18.6. The van der Waals surface area contributed by atoms with E-state index in [2.05, 4.69) is 20.5 Å². The Bertz CT molecular complexity index is 742. The van der Waals surface area contributed by atoms with E-state index in [-0.39, 0.29) is 24.4 Å². The number of aromatic nitrogens is 1. The lowest BCUT2D eigenvalue weighted by Crippen LogP contribution is -2.43. The predicted octanol–water partition coefficient (Wildman–Crippen LogP) is 2.70. The third-order valence-electron chi connectivity index (χ3n) is 4.25. The fourth-order valence-electron chi connectivity index (χ4n) is 2.97. The van der Waals surface area contributed by atoms with Crippen molar-refractivity contribution in [1.29, 1.82) is 0 Å². The molecule has 1 aromatic carbocycles. The predicted molar refractivity (Wildman–Crippen MR) is 97.8 cm³/mol. The number of anilines is 1. The fraction of sp³-hybridized carbons (Fsp3) is 0.368. The topological polar surface area (TPSA) is 66.5 Å². The summed E-state index contributed by atoms with van der Waals surface area (Å²) in [6.45, 7) is 4.05. The van der Waals surface area contributed by atoms with Crippen LogP contribution < -0.4 is 20.3 Å². The van der Waals surface area contributed by atoms with Crippen molar-refractivity contribution in [1.82, 2.24) is 15.6 Å². The molecule has 1 aromatic heterocycles. The third-order valence-corrected chi connectivity index (χ3v) is 4.25. The van der Waals surface area contributed by atoms with E-state index >= 15 is 0 Å². The van der Waals surface area contributed by atoms with Crippen molar-refractivity contribution in [3.8, 4) is 5.75 Å². The number of hydrogen-bond acceptors (Lipinski definition) is 4. The molecule has 0 aliphatic carbocycles. The second-order valence-corrected chi connectivity index (χ2v) is 6.14. The van der Waals surface area contributed by atoms with E-state index in [9.17, 15) is 9.18 Å². The van der Waals surface area contributed by atoms with Gasteiger partial charge in [0.25, 0.3) is 0 Å². The van der Waals surface area contributed by atoms with Crippen molar-refractivity contribution < 1.29 is 13.9 Å². The molecule has 2 aromatic rings. The van der Waals surface area contributed by atoms with E-state index in [4.69, 9.17) is 4.74 Å². The normalized spacial score (nSPS) is 16.4. The highest BCUT2D eigenvalue weighted by molar-refractivity contribution is 5.74. The molecule has 138 valence electrons. The lowest BCUT2D eigenvalue weighted by molar-refractivity contribution is 0.237. The van der Waals surface area contributed by atoms with Crippen molar-refractivity contribution >= 4 is 11.8 Å². The number of benzene rings is 1. The Kier molecular flexibility index (Phi) is 5.88. The molecule has 1 fully saturated rings. The summed E-state index contributed by atoms with van der Waals surface area (Å²) < 4.78 is 19.0. The minimum atomic E-state index is -0.423. The molecule has 1 unspecified atom stereocenters. The van der Waals surface area contributed by atoms with E-state index in [1.54, 1.807) is 25.3 Å². The van der Waals surface area contributed by atoms with Crippen LogP contribution in [0.1, 0.15) is 18.9 Å². The molecular formula is C19H23FN4O2. The number of ether oxygens (including phenoxy) is 1. The first-order valence-electron chi connectivity index (χ1n) is 8.77. The largest absolute Gasteiger partial charge is 0.491 e. The molecule has 26 heavy (non-hydrogen) atoms. The van der Waals surface area contributed by atoms with Gasteiger partial charge in [0.05, 0.1) is 6.61 Å². The number of halogens is 1. The molecule has 7 heteroatoms. The van der Waals surface area contributed by atoms with Crippen LogP contribution in [-0.2, 0) is 6.54 Å². The van der Waals surface area contributed by atoms with Crippen LogP contribution in [0.2, 0.25) is 0 Å². The average Bonchev–Trinajstić information content (AvgIpc) is 3.11. The van der Waals surface area contributed by atoms with Gasteiger partial charge in [0.1, 0.15) is 5.82 Å². The Morgan fingerprint density at radius 2 is 2.27 bits per heavy atom. The Hall–Kier alpha value is -2.83. The summed E-state index contributed by atoms with van der Waals surface area (Å²) in [6.07, 6.45) is 2.63. The molecule has 2 N–H and O–H groups in total. The highest BCUT2D eigenvalue weighted by atomic mass is 19.1. The summed E-state index contributed by atoms with van der Waals surface area (Å²) in [5.41, 5.74) is 0.683. The van der Waals surface area contributed by atoms with Gasteiger partial charge in [-0.15, -0.1) is 0 Å². The Balaban J connectivity index is 1.45. The van der Waals surface area contributed by atoms with Crippen molar-refractivity contribution in [2.24, 2.45) is 0 Å². The standard InChI is InChI=1S/C19H23FN4O2/c1-2-26-17-7-6-14(11-16(17)20)12-22-19(25)23-15-8-10-24(13-15)18-5-3-4-9-21-18/h3-7,9,11,15H,2,8,10,12-13H2,1H3,(H2,22,23,25). The molecule has 0 bridgehead atoms. The quantitative estimate of drug-likeness (QED) is 0.833. The first-order chi connectivity index (χ1) is 12.7. The molecule has 1 aliphatic rings. The number of carbonyl (C=O) groups is 1. The van der Waals surface area contributed by atoms with Crippen LogP contribution in [0.5, 0.6) is 5.75 Å². The summed E-state index contributed by atoms with van der Waals surface area (Å²) >= 11 is 0. The summed E-state index contributed by atoms with van der Waals surface area (Å²) in [5.74, 6) is 0.719. The van der Waals surface area contributed by atoms with Crippen LogP contribution in [0.4, 0.5) is 15.0 Å².